The number of carbonyl (C=O) groups is 1. The molecule has 1 unspecified atom stereocenters. The quantitative estimate of drug-likeness (QED) is 0.568. The zero-order valence-electron chi connectivity index (χ0n) is 7.31. The second-order valence-corrected chi connectivity index (χ2v) is 5.94. The molecule has 1 atom stereocenters. The van der Waals surface area contributed by atoms with Crippen molar-refractivity contribution in [1.29, 1.82) is 0 Å². The highest BCUT2D eigenvalue weighted by Crippen LogP contribution is 2.38. The number of halogens is 1. The van der Waals surface area contributed by atoms with Crippen LogP contribution in [0.4, 0.5) is 0 Å². The largest absolute Gasteiger partial charge is 0.549 e. The molecule has 0 aromatic carbocycles. The van der Waals surface area contributed by atoms with E-state index in [4.69, 9.17) is 0 Å². The highest BCUT2D eigenvalue weighted by molar-refractivity contribution is 14.1. The fourth-order valence-corrected chi connectivity index (χ4v) is 2.43. The molecule has 12 heavy (non-hydrogen) atoms. The van der Waals surface area contributed by atoms with E-state index in [1.165, 1.54) is 19.3 Å². The van der Waals surface area contributed by atoms with Crippen LogP contribution >= 0.6 is 22.6 Å². The summed E-state index contributed by atoms with van der Waals surface area (Å²) in [7, 11) is 0. The molecule has 0 aromatic rings. The van der Waals surface area contributed by atoms with Crippen molar-refractivity contribution < 1.29 is 9.90 Å². The van der Waals surface area contributed by atoms with Gasteiger partial charge in [-0.3, -0.25) is 0 Å². The molecule has 0 radical (unpaired) electrons. The van der Waals surface area contributed by atoms with E-state index < -0.39 is 9.39 Å². The number of rotatable bonds is 2. The van der Waals surface area contributed by atoms with Crippen molar-refractivity contribution in [3.8, 4) is 0 Å². The molecule has 0 saturated heterocycles. The first-order valence-electron chi connectivity index (χ1n) is 4.45. The first-order valence-corrected chi connectivity index (χ1v) is 5.53. The number of alkyl halides is 1. The third-order valence-corrected chi connectivity index (χ3v) is 4.09. The maximum absolute atomic E-state index is 10.8. The van der Waals surface area contributed by atoms with E-state index in [9.17, 15) is 9.90 Å². The highest BCUT2D eigenvalue weighted by Gasteiger charge is 2.33. The second-order valence-electron chi connectivity index (χ2n) is 3.70. The Morgan fingerprint density at radius 3 is 2.33 bits per heavy atom. The van der Waals surface area contributed by atoms with Crippen LogP contribution in [0.25, 0.3) is 0 Å². The third-order valence-electron chi connectivity index (χ3n) is 2.77. The minimum Gasteiger partial charge on any atom is -0.549 e. The van der Waals surface area contributed by atoms with Crippen LogP contribution in [0.2, 0.25) is 0 Å². The van der Waals surface area contributed by atoms with Crippen LogP contribution in [-0.4, -0.2) is 9.39 Å². The lowest BCUT2D eigenvalue weighted by molar-refractivity contribution is -0.309. The lowest BCUT2D eigenvalue weighted by Crippen LogP contribution is -2.47. The molecule has 1 fully saturated rings. The normalized spacial score (nSPS) is 24.8. The fourth-order valence-electron chi connectivity index (χ4n) is 1.81. The average Bonchev–Trinajstić information content (AvgIpc) is 2.06. The van der Waals surface area contributed by atoms with Crippen LogP contribution in [0, 0.1) is 5.92 Å². The van der Waals surface area contributed by atoms with Gasteiger partial charge in [-0.15, -0.1) is 0 Å². The summed E-state index contributed by atoms with van der Waals surface area (Å²) in [6, 6.07) is 0. The Labute approximate surface area is 86.9 Å². The van der Waals surface area contributed by atoms with Gasteiger partial charge >= 0.3 is 0 Å². The molecule has 0 aromatic heterocycles. The van der Waals surface area contributed by atoms with Gasteiger partial charge in [0.25, 0.3) is 0 Å². The Hall–Kier alpha value is 0.200. The molecule has 0 spiro atoms. The van der Waals surface area contributed by atoms with E-state index in [-0.39, 0.29) is 0 Å². The standard InChI is InChI=1S/C9H15IO2/c1-9(10,8(11)12)7-5-3-2-4-6-7/h7H,2-6H2,1H3,(H,11,12)/p-1. The van der Waals surface area contributed by atoms with Crippen LogP contribution in [-0.2, 0) is 4.79 Å². The lowest BCUT2D eigenvalue weighted by Gasteiger charge is -2.35. The predicted octanol–water partition coefficient (Wildman–Crippen LogP) is 1.51. The summed E-state index contributed by atoms with van der Waals surface area (Å²) in [5.74, 6) is -0.591. The minimum absolute atomic E-state index is 0.317. The van der Waals surface area contributed by atoms with Gasteiger partial charge in [0.1, 0.15) is 0 Å². The van der Waals surface area contributed by atoms with Crippen molar-refractivity contribution in [2.24, 2.45) is 5.92 Å². The van der Waals surface area contributed by atoms with E-state index in [2.05, 4.69) is 0 Å². The summed E-state index contributed by atoms with van der Waals surface area (Å²) in [5, 5.41) is 10.8. The second kappa shape index (κ2) is 3.94. The summed E-state index contributed by atoms with van der Waals surface area (Å²) < 4.78 is -0.655. The van der Waals surface area contributed by atoms with Crippen molar-refractivity contribution in [1.82, 2.24) is 0 Å². The van der Waals surface area contributed by atoms with Crippen LogP contribution in [0.15, 0.2) is 0 Å². The number of carboxylic acid groups (broad SMARTS) is 1. The van der Waals surface area contributed by atoms with Gasteiger partial charge in [0, 0.05) is 0 Å². The molecule has 0 heterocycles. The molecule has 3 heteroatoms. The van der Waals surface area contributed by atoms with E-state index in [1.807, 2.05) is 22.6 Å². The molecule has 1 saturated carbocycles. The van der Waals surface area contributed by atoms with Gasteiger partial charge in [0.2, 0.25) is 0 Å². The molecular formula is C9H14IO2-. The zero-order valence-corrected chi connectivity index (χ0v) is 9.46. The average molecular weight is 281 g/mol. The van der Waals surface area contributed by atoms with Crippen molar-refractivity contribution >= 4 is 28.6 Å². The predicted molar refractivity (Wildman–Crippen MR) is 54.0 cm³/mol. The smallest absolute Gasteiger partial charge is 0.0615 e. The van der Waals surface area contributed by atoms with E-state index in [1.54, 1.807) is 6.92 Å². The minimum atomic E-state index is -0.907. The molecule has 0 aliphatic heterocycles. The molecule has 1 aliphatic carbocycles. The Kier molecular flexibility index (Phi) is 3.37. The summed E-state index contributed by atoms with van der Waals surface area (Å²) in [6.45, 7) is 1.78. The van der Waals surface area contributed by atoms with Gasteiger partial charge in [-0.1, -0.05) is 41.9 Å². The van der Waals surface area contributed by atoms with Gasteiger partial charge in [-0.2, -0.15) is 0 Å². The SMILES string of the molecule is CC(I)(C(=O)[O-])C1CCCCC1. The monoisotopic (exact) mass is 281 g/mol. The molecule has 1 rings (SSSR count). The van der Waals surface area contributed by atoms with E-state index in [0.29, 0.717) is 5.92 Å². The molecule has 0 N–H and O–H groups in total. The zero-order chi connectivity index (χ0) is 9.19. The van der Waals surface area contributed by atoms with Crippen molar-refractivity contribution in [3.05, 3.63) is 0 Å². The summed E-state index contributed by atoms with van der Waals surface area (Å²) in [4.78, 5) is 10.8. The molecule has 1 aliphatic rings. The van der Waals surface area contributed by atoms with Crippen molar-refractivity contribution in [2.45, 2.75) is 42.4 Å². The van der Waals surface area contributed by atoms with Gasteiger partial charge in [0.15, 0.2) is 0 Å². The van der Waals surface area contributed by atoms with Gasteiger partial charge in [-0.25, -0.2) is 0 Å². The highest BCUT2D eigenvalue weighted by atomic mass is 127. The number of aliphatic carboxylic acids is 1. The number of hydrogen-bond donors (Lipinski definition) is 0. The van der Waals surface area contributed by atoms with Crippen LogP contribution in [0.5, 0.6) is 0 Å². The Balaban J connectivity index is 2.59. The Morgan fingerprint density at radius 1 is 1.42 bits per heavy atom. The summed E-state index contributed by atoms with van der Waals surface area (Å²) in [5.41, 5.74) is 0. The van der Waals surface area contributed by atoms with Gasteiger partial charge in [0.05, 0.1) is 9.39 Å². The summed E-state index contributed by atoms with van der Waals surface area (Å²) in [6.07, 6.45) is 5.71. The Morgan fingerprint density at radius 2 is 1.92 bits per heavy atom. The fraction of sp³-hybridized carbons (Fsp3) is 0.889. The van der Waals surface area contributed by atoms with Crippen LogP contribution in [0.1, 0.15) is 39.0 Å². The van der Waals surface area contributed by atoms with Crippen molar-refractivity contribution in [2.75, 3.05) is 0 Å². The number of hydrogen-bond acceptors (Lipinski definition) is 2. The first kappa shape index (κ1) is 10.3. The van der Waals surface area contributed by atoms with Crippen molar-refractivity contribution in [3.63, 3.8) is 0 Å². The maximum atomic E-state index is 10.8. The lowest BCUT2D eigenvalue weighted by atomic mass is 9.81. The topological polar surface area (TPSA) is 40.1 Å². The summed E-state index contributed by atoms with van der Waals surface area (Å²) >= 11 is 2.02. The number of carboxylic acids is 1. The van der Waals surface area contributed by atoms with Crippen LogP contribution in [0.3, 0.4) is 0 Å². The molecular weight excluding hydrogens is 267 g/mol. The maximum Gasteiger partial charge on any atom is 0.0615 e. The molecule has 70 valence electrons. The van der Waals surface area contributed by atoms with E-state index >= 15 is 0 Å². The first-order chi connectivity index (χ1) is 5.55. The van der Waals surface area contributed by atoms with Gasteiger partial charge < -0.3 is 9.90 Å². The Bertz CT molecular complexity index is 171. The number of carbonyl (C=O) groups excluding carboxylic acids is 1. The van der Waals surface area contributed by atoms with Gasteiger partial charge in [-0.05, 0) is 25.7 Å². The molecule has 0 bridgehead atoms. The van der Waals surface area contributed by atoms with Crippen LogP contribution < -0.4 is 5.11 Å². The third kappa shape index (κ3) is 2.12. The van der Waals surface area contributed by atoms with E-state index in [0.717, 1.165) is 12.8 Å². The molecule has 0 amide bonds. The molecule has 2 nitrogen and oxygen atoms in total.